The summed E-state index contributed by atoms with van der Waals surface area (Å²) in [5.74, 6) is -0.195. The molecule has 21 heavy (non-hydrogen) atoms. The molecule has 0 N–H and O–H groups in total. The molecule has 1 aromatic heterocycles. The van der Waals surface area contributed by atoms with E-state index < -0.39 is 5.56 Å². The van der Waals surface area contributed by atoms with Crippen LogP contribution in [0.1, 0.15) is 5.56 Å². The average molecular weight is 325 g/mol. The van der Waals surface area contributed by atoms with Crippen molar-refractivity contribution in [3.8, 4) is 0 Å². The SMILES string of the molecule is CN(Cc1ccccc1)C(=O)Cn1cc(Cl)cc(Cl)c1=O. The highest BCUT2D eigenvalue weighted by molar-refractivity contribution is 6.34. The molecule has 0 unspecified atom stereocenters. The molecule has 1 amide bonds. The second-order valence-electron chi connectivity index (χ2n) is 4.67. The minimum absolute atomic E-state index is 0.000937. The number of benzene rings is 1. The molecule has 110 valence electrons. The van der Waals surface area contributed by atoms with Crippen molar-refractivity contribution in [3.63, 3.8) is 0 Å². The monoisotopic (exact) mass is 324 g/mol. The Labute approximate surface area is 132 Å². The number of hydrogen-bond acceptors (Lipinski definition) is 2. The highest BCUT2D eigenvalue weighted by Gasteiger charge is 2.12. The molecule has 1 heterocycles. The second kappa shape index (κ2) is 6.78. The van der Waals surface area contributed by atoms with Crippen LogP contribution in [-0.4, -0.2) is 22.4 Å². The molecule has 2 rings (SSSR count). The highest BCUT2D eigenvalue weighted by Crippen LogP contribution is 2.11. The number of pyridine rings is 1. The number of aromatic nitrogens is 1. The summed E-state index contributed by atoms with van der Waals surface area (Å²) in [6.07, 6.45) is 1.41. The predicted octanol–water partition coefficient (Wildman–Crippen LogP) is 2.81. The number of carbonyl (C=O) groups is 1. The van der Waals surface area contributed by atoms with E-state index in [2.05, 4.69) is 0 Å². The third-order valence-corrected chi connectivity index (χ3v) is 3.48. The zero-order chi connectivity index (χ0) is 15.4. The Balaban J connectivity index is 2.09. The quantitative estimate of drug-likeness (QED) is 0.867. The van der Waals surface area contributed by atoms with E-state index in [1.54, 1.807) is 11.9 Å². The van der Waals surface area contributed by atoms with Gasteiger partial charge in [0.15, 0.2) is 0 Å². The van der Waals surface area contributed by atoms with Crippen LogP contribution in [0.3, 0.4) is 0 Å². The fourth-order valence-corrected chi connectivity index (χ4v) is 2.40. The van der Waals surface area contributed by atoms with Crippen molar-refractivity contribution >= 4 is 29.1 Å². The lowest BCUT2D eigenvalue weighted by Crippen LogP contribution is -2.33. The maximum atomic E-state index is 12.2. The Morgan fingerprint density at radius 1 is 1.24 bits per heavy atom. The van der Waals surface area contributed by atoms with Gasteiger partial charge in [0.05, 0.1) is 5.02 Å². The van der Waals surface area contributed by atoms with E-state index in [0.29, 0.717) is 11.6 Å². The van der Waals surface area contributed by atoms with Gasteiger partial charge >= 0.3 is 0 Å². The maximum Gasteiger partial charge on any atom is 0.269 e. The predicted molar refractivity (Wildman–Crippen MR) is 83.6 cm³/mol. The molecule has 6 heteroatoms. The average Bonchev–Trinajstić information content (AvgIpc) is 2.45. The van der Waals surface area contributed by atoms with Crippen LogP contribution in [0, 0.1) is 0 Å². The van der Waals surface area contributed by atoms with Crippen molar-refractivity contribution in [2.45, 2.75) is 13.1 Å². The molecule has 0 saturated carbocycles. The second-order valence-corrected chi connectivity index (χ2v) is 5.52. The highest BCUT2D eigenvalue weighted by atomic mass is 35.5. The molecule has 0 bridgehead atoms. The van der Waals surface area contributed by atoms with E-state index in [4.69, 9.17) is 23.2 Å². The van der Waals surface area contributed by atoms with Gasteiger partial charge in [-0.05, 0) is 11.6 Å². The van der Waals surface area contributed by atoms with E-state index >= 15 is 0 Å². The van der Waals surface area contributed by atoms with Crippen molar-refractivity contribution in [1.29, 1.82) is 0 Å². The first-order valence-electron chi connectivity index (χ1n) is 6.31. The molecule has 0 atom stereocenters. The summed E-state index contributed by atoms with van der Waals surface area (Å²) < 4.78 is 1.22. The van der Waals surface area contributed by atoms with E-state index in [-0.39, 0.29) is 17.5 Å². The molecule has 0 aliphatic rings. The van der Waals surface area contributed by atoms with Gasteiger partial charge in [-0.1, -0.05) is 53.5 Å². The van der Waals surface area contributed by atoms with Gasteiger partial charge in [-0.15, -0.1) is 0 Å². The Morgan fingerprint density at radius 3 is 2.57 bits per heavy atom. The number of rotatable bonds is 4. The first kappa shape index (κ1) is 15.6. The molecule has 0 aliphatic carbocycles. The molecule has 1 aromatic carbocycles. The van der Waals surface area contributed by atoms with Crippen LogP contribution in [0.2, 0.25) is 10.0 Å². The summed E-state index contributed by atoms with van der Waals surface area (Å²) in [5.41, 5.74) is 0.590. The largest absolute Gasteiger partial charge is 0.340 e. The molecule has 0 saturated heterocycles. The Morgan fingerprint density at radius 2 is 1.90 bits per heavy atom. The third kappa shape index (κ3) is 4.09. The molecule has 0 aliphatic heterocycles. The third-order valence-electron chi connectivity index (χ3n) is 3.00. The summed E-state index contributed by atoms with van der Waals surface area (Å²) in [7, 11) is 1.69. The van der Waals surface area contributed by atoms with E-state index in [9.17, 15) is 9.59 Å². The van der Waals surface area contributed by atoms with Crippen LogP contribution < -0.4 is 5.56 Å². The normalized spacial score (nSPS) is 10.4. The number of halogens is 2. The molecule has 0 spiro atoms. The fraction of sp³-hybridized carbons (Fsp3) is 0.200. The van der Waals surface area contributed by atoms with E-state index in [1.165, 1.54) is 16.8 Å². The number of nitrogens with zero attached hydrogens (tertiary/aromatic N) is 2. The van der Waals surface area contributed by atoms with Crippen LogP contribution >= 0.6 is 23.2 Å². The van der Waals surface area contributed by atoms with Crippen molar-refractivity contribution in [1.82, 2.24) is 9.47 Å². The van der Waals surface area contributed by atoms with Crippen molar-refractivity contribution in [2.24, 2.45) is 0 Å². The summed E-state index contributed by atoms with van der Waals surface area (Å²) in [4.78, 5) is 25.6. The van der Waals surface area contributed by atoms with Crippen molar-refractivity contribution in [2.75, 3.05) is 7.05 Å². The standard InChI is InChI=1S/C15H14Cl2N2O2/c1-18(8-11-5-3-2-4-6-11)14(20)10-19-9-12(16)7-13(17)15(19)21/h2-7,9H,8,10H2,1H3. The van der Waals surface area contributed by atoms with Gasteiger partial charge in [0.1, 0.15) is 11.6 Å². The van der Waals surface area contributed by atoms with Crippen molar-refractivity contribution in [3.05, 3.63) is 68.6 Å². The van der Waals surface area contributed by atoms with Crippen LogP contribution in [0.15, 0.2) is 47.4 Å². The molecular formula is C15H14Cl2N2O2. The lowest BCUT2D eigenvalue weighted by molar-refractivity contribution is -0.131. The summed E-state index contributed by atoms with van der Waals surface area (Å²) in [6, 6.07) is 11.0. The van der Waals surface area contributed by atoms with Gasteiger partial charge in [0.25, 0.3) is 5.56 Å². The molecular weight excluding hydrogens is 311 g/mol. The molecule has 2 aromatic rings. The minimum atomic E-state index is -0.428. The number of carbonyl (C=O) groups excluding carboxylic acids is 1. The van der Waals surface area contributed by atoms with Crippen LogP contribution in [-0.2, 0) is 17.9 Å². The number of hydrogen-bond donors (Lipinski definition) is 0. The van der Waals surface area contributed by atoms with Crippen LogP contribution in [0.25, 0.3) is 0 Å². The lowest BCUT2D eigenvalue weighted by Gasteiger charge is -2.18. The number of likely N-dealkylation sites (N-methyl/N-ethyl adjacent to an activating group) is 1. The summed E-state index contributed by atoms with van der Waals surface area (Å²) in [5, 5.41) is 0.319. The van der Waals surface area contributed by atoms with Gasteiger partial charge < -0.3 is 9.47 Å². The fourth-order valence-electron chi connectivity index (χ4n) is 1.89. The maximum absolute atomic E-state index is 12.2. The van der Waals surface area contributed by atoms with Gasteiger partial charge in [-0.3, -0.25) is 9.59 Å². The van der Waals surface area contributed by atoms with Gasteiger partial charge in [0, 0.05) is 19.8 Å². The minimum Gasteiger partial charge on any atom is -0.340 e. The van der Waals surface area contributed by atoms with E-state index in [1.807, 2.05) is 30.3 Å². The van der Waals surface area contributed by atoms with Gasteiger partial charge in [-0.25, -0.2) is 0 Å². The van der Waals surface area contributed by atoms with Crippen LogP contribution in [0.5, 0.6) is 0 Å². The van der Waals surface area contributed by atoms with Gasteiger partial charge in [-0.2, -0.15) is 0 Å². The van der Waals surface area contributed by atoms with Crippen LogP contribution in [0.4, 0.5) is 0 Å². The smallest absolute Gasteiger partial charge is 0.269 e. The molecule has 0 fully saturated rings. The van der Waals surface area contributed by atoms with Gasteiger partial charge in [0.2, 0.25) is 5.91 Å². The Kier molecular flexibility index (Phi) is 5.04. The zero-order valence-corrected chi connectivity index (χ0v) is 12.9. The lowest BCUT2D eigenvalue weighted by atomic mass is 10.2. The Bertz CT molecular complexity index is 699. The summed E-state index contributed by atoms with van der Waals surface area (Å²) >= 11 is 11.6. The zero-order valence-electron chi connectivity index (χ0n) is 11.4. The molecule has 4 nitrogen and oxygen atoms in total. The first-order valence-corrected chi connectivity index (χ1v) is 7.06. The number of amides is 1. The van der Waals surface area contributed by atoms with Crippen molar-refractivity contribution < 1.29 is 4.79 Å². The Hall–Kier alpha value is -1.78. The molecule has 0 radical (unpaired) electrons. The summed E-state index contributed by atoms with van der Waals surface area (Å²) in [6.45, 7) is 0.380. The first-order chi connectivity index (χ1) is 9.97. The topological polar surface area (TPSA) is 42.3 Å². The van der Waals surface area contributed by atoms with E-state index in [0.717, 1.165) is 5.56 Å².